The van der Waals surface area contributed by atoms with E-state index in [9.17, 15) is 26.7 Å². The van der Waals surface area contributed by atoms with E-state index in [0.717, 1.165) is 49.7 Å². The molecule has 0 radical (unpaired) electrons. The molecule has 2 aliphatic rings. The molecule has 4 nitrogen and oxygen atoms in total. The molecule has 39 heavy (non-hydrogen) atoms. The Kier molecular flexibility index (Phi) is 13.1. The Bertz CT molecular complexity index is 988. The highest BCUT2D eigenvalue weighted by Gasteiger charge is 2.53. The van der Waals surface area contributed by atoms with Crippen LogP contribution in [0.5, 0.6) is 0 Å². The lowest BCUT2D eigenvalue weighted by Crippen LogP contribution is -2.52. The quantitative estimate of drug-likeness (QED) is 0.266. The number of carbonyl (C=O) groups is 1. The fraction of sp³-hybridized carbons (Fsp3) is 0.552. The Morgan fingerprint density at radius 1 is 1.00 bits per heavy atom. The molecule has 0 spiro atoms. The summed E-state index contributed by atoms with van der Waals surface area (Å²) >= 11 is 5.99. The van der Waals surface area contributed by atoms with E-state index < -0.39 is 17.2 Å². The van der Waals surface area contributed by atoms with Gasteiger partial charge in [-0.05, 0) is 93.9 Å². The number of piperidine rings is 1. The molecule has 1 amide bonds. The van der Waals surface area contributed by atoms with E-state index in [1.54, 1.807) is 12.1 Å². The number of alkyl halides is 4. The standard InChI is InChI=1S/C21H23ClFNO.C6H10F3NO.C2H5F/c22-18-9-7-17(8-10-18)21(13-1-2-14-21)20(25)24-15-3-4-16-5-11-19(23)12-6-16;7-6(8,9)5(11)1-3-10-4-2-5;1-2-3/h5-12H,1-4,13-15H2,(H,24,25);10-11H,1-4H2;2H2,1H3. The van der Waals surface area contributed by atoms with Gasteiger partial charge in [-0.1, -0.05) is 48.7 Å². The van der Waals surface area contributed by atoms with Gasteiger partial charge < -0.3 is 15.7 Å². The van der Waals surface area contributed by atoms with E-state index in [1.165, 1.54) is 19.1 Å². The van der Waals surface area contributed by atoms with E-state index in [2.05, 4.69) is 10.6 Å². The van der Waals surface area contributed by atoms with E-state index in [0.29, 0.717) is 11.6 Å². The largest absolute Gasteiger partial charge is 0.417 e. The number of aliphatic hydroxyl groups is 1. The summed E-state index contributed by atoms with van der Waals surface area (Å²) < 4.78 is 59.4. The van der Waals surface area contributed by atoms with Crippen molar-refractivity contribution in [3.63, 3.8) is 0 Å². The number of carbonyl (C=O) groups excluding carboxylic acids is 1. The molecule has 218 valence electrons. The maximum absolute atomic E-state index is 12.9. The van der Waals surface area contributed by atoms with Crippen LogP contribution in [-0.4, -0.2) is 49.1 Å². The number of rotatable bonds is 6. The first-order chi connectivity index (χ1) is 18.5. The van der Waals surface area contributed by atoms with Crippen LogP contribution in [-0.2, 0) is 16.6 Å². The van der Waals surface area contributed by atoms with Crippen LogP contribution < -0.4 is 10.6 Å². The van der Waals surface area contributed by atoms with Gasteiger partial charge in [0.1, 0.15) is 5.82 Å². The summed E-state index contributed by atoms with van der Waals surface area (Å²) in [6.45, 7) is 2.30. The maximum Gasteiger partial charge on any atom is 0.417 e. The van der Waals surface area contributed by atoms with Gasteiger partial charge in [-0.25, -0.2) is 4.39 Å². The van der Waals surface area contributed by atoms with Crippen LogP contribution in [0.4, 0.5) is 22.0 Å². The molecule has 0 bridgehead atoms. The molecule has 0 unspecified atom stereocenters. The smallest absolute Gasteiger partial charge is 0.380 e. The van der Waals surface area contributed by atoms with Crippen LogP contribution >= 0.6 is 11.6 Å². The minimum Gasteiger partial charge on any atom is -0.380 e. The van der Waals surface area contributed by atoms with E-state index in [1.807, 2.05) is 24.3 Å². The fourth-order valence-electron chi connectivity index (χ4n) is 4.83. The summed E-state index contributed by atoms with van der Waals surface area (Å²) in [5.41, 5.74) is -0.715. The van der Waals surface area contributed by atoms with Crippen LogP contribution in [0.15, 0.2) is 48.5 Å². The lowest BCUT2D eigenvalue weighted by Gasteiger charge is -2.34. The van der Waals surface area contributed by atoms with Gasteiger partial charge in [0.2, 0.25) is 5.91 Å². The van der Waals surface area contributed by atoms with Crippen molar-refractivity contribution in [2.24, 2.45) is 0 Å². The Hall–Kier alpha value is -2.23. The number of nitrogens with one attached hydrogen (secondary N) is 2. The third kappa shape index (κ3) is 9.72. The van der Waals surface area contributed by atoms with Crippen molar-refractivity contribution < 1.29 is 31.9 Å². The molecule has 10 heteroatoms. The van der Waals surface area contributed by atoms with Gasteiger partial charge in [0.15, 0.2) is 5.60 Å². The topological polar surface area (TPSA) is 61.4 Å². The molecule has 1 saturated carbocycles. The van der Waals surface area contributed by atoms with Crippen molar-refractivity contribution in [3.8, 4) is 0 Å². The molecule has 0 aromatic heterocycles. The molecule has 1 aliphatic heterocycles. The Morgan fingerprint density at radius 2 is 1.54 bits per heavy atom. The number of amides is 1. The van der Waals surface area contributed by atoms with Crippen molar-refractivity contribution >= 4 is 17.5 Å². The second-order valence-electron chi connectivity index (χ2n) is 9.83. The zero-order chi connectivity index (χ0) is 28.9. The Balaban J connectivity index is 0.000000317. The molecule has 2 aromatic rings. The SMILES string of the molecule is CCF.O=C(NCCCc1ccc(F)cc1)C1(c2ccc(Cl)cc2)CCCC1.OC1(C(F)(F)F)CCNCC1. The predicted octanol–water partition coefficient (Wildman–Crippen LogP) is 6.68. The summed E-state index contributed by atoms with van der Waals surface area (Å²) in [4.78, 5) is 12.9. The molecule has 0 atom stereocenters. The minimum absolute atomic E-state index is 0.117. The molecule has 3 N–H and O–H groups in total. The fourth-order valence-corrected chi connectivity index (χ4v) is 4.96. The number of halogens is 6. The molecule has 2 fully saturated rings. The molecule has 1 aliphatic carbocycles. The number of aryl methyl sites for hydroxylation is 1. The third-order valence-corrected chi connectivity index (χ3v) is 7.34. The highest BCUT2D eigenvalue weighted by Crippen LogP contribution is 2.41. The van der Waals surface area contributed by atoms with E-state index in [4.69, 9.17) is 16.7 Å². The van der Waals surface area contributed by atoms with Gasteiger partial charge in [-0.15, -0.1) is 0 Å². The second-order valence-corrected chi connectivity index (χ2v) is 10.3. The average Bonchev–Trinajstić information content (AvgIpc) is 3.40. The van der Waals surface area contributed by atoms with Crippen molar-refractivity contribution in [2.45, 2.75) is 75.5 Å². The summed E-state index contributed by atoms with van der Waals surface area (Å²) in [5.74, 6) is -0.102. The Labute approximate surface area is 232 Å². The summed E-state index contributed by atoms with van der Waals surface area (Å²) in [6.07, 6.45) is 0.638. The van der Waals surface area contributed by atoms with Crippen molar-refractivity contribution in [1.29, 1.82) is 0 Å². The minimum atomic E-state index is -4.48. The van der Waals surface area contributed by atoms with E-state index in [-0.39, 0.29) is 44.3 Å². The van der Waals surface area contributed by atoms with Gasteiger partial charge in [0, 0.05) is 11.6 Å². The maximum atomic E-state index is 12.9. The second kappa shape index (κ2) is 15.5. The summed E-state index contributed by atoms with van der Waals surface area (Å²) in [7, 11) is 0. The number of hydrogen-bond donors (Lipinski definition) is 3. The number of hydrogen-bond acceptors (Lipinski definition) is 3. The van der Waals surface area contributed by atoms with Crippen LogP contribution in [0.2, 0.25) is 5.02 Å². The van der Waals surface area contributed by atoms with Crippen LogP contribution in [0.1, 0.15) is 63.0 Å². The monoisotopic (exact) mass is 576 g/mol. The van der Waals surface area contributed by atoms with Crippen LogP contribution in [0, 0.1) is 5.82 Å². The number of benzene rings is 2. The lowest BCUT2D eigenvalue weighted by atomic mass is 9.78. The van der Waals surface area contributed by atoms with Crippen molar-refractivity contribution in [2.75, 3.05) is 26.3 Å². The van der Waals surface area contributed by atoms with Crippen LogP contribution in [0.3, 0.4) is 0 Å². The van der Waals surface area contributed by atoms with E-state index >= 15 is 0 Å². The summed E-state index contributed by atoms with van der Waals surface area (Å²) in [6, 6.07) is 14.2. The molecule has 4 rings (SSSR count). The van der Waals surface area contributed by atoms with Gasteiger partial charge in [-0.2, -0.15) is 13.2 Å². The van der Waals surface area contributed by atoms with Gasteiger partial charge in [0.05, 0.1) is 12.1 Å². The van der Waals surface area contributed by atoms with Crippen molar-refractivity contribution in [1.82, 2.24) is 10.6 Å². The molecule has 1 saturated heterocycles. The van der Waals surface area contributed by atoms with Gasteiger partial charge in [-0.3, -0.25) is 9.18 Å². The molecular weight excluding hydrogens is 539 g/mol. The summed E-state index contributed by atoms with van der Waals surface area (Å²) in [5, 5.41) is 15.6. The predicted molar refractivity (Wildman–Crippen MR) is 144 cm³/mol. The first kappa shape index (κ1) is 33.0. The van der Waals surface area contributed by atoms with Crippen LogP contribution in [0.25, 0.3) is 0 Å². The zero-order valence-electron chi connectivity index (χ0n) is 22.2. The molecular formula is C29H38ClF5N2O2. The third-order valence-electron chi connectivity index (χ3n) is 7.09. The first-order valence-electron chi connectivity index (χ1n) is 13.3. The Morgan fingerprint density at radius 3 is 2.03 bits per heavy atom. The molecule has 2 aromatic carbocycles. The zero-order valence-corrected chi connectivity index (χ0v) is 23.0. The molecule has 1 heterocycles. The average molecular weight is 577 g/mol. The lowest BCUT2D eigenvalue weighted by molar-refractivity contribution is -0.267. The normalized spacial score (nSPS) is 17.7. The van der Waals surface area contributed by atoms with Gasteiger partial charge >= 0.3 is 6.18 Å². The van der Waals surface area contributed by atoms with Crippen molar-refractivity contribution in [3.05, 3.63) is 70.5 Å². The highest BCUT2D eigenvalue weighted by molar-refractivity contribution is 6.30. The van der Waals surface area contributed by atoms with Gasteiger partial charge in [0.25, 0.3) is 0 Å². The highest BCUT2D eigenvalue weighted by atomic mass is 35.5. The first-order valence-corrected chi connectivity index (χ1v) is 13.7.